The van der Waals surface area contributed by atoms with E-state index in [1.165, 1.54) is 6.42 Å². The first kappa shape index (κ1) is 15.2. The number of hydrogen-bond donors (Lipinski definition) is 1. The van der Waals surface area contributed by atoms with Gasteiger partial charge in [-0.3, -0.25) is 24.3 Å². The van der Waals surface area contributed by atoms with Crippen LogP contribution in [0.4, 0.5) is 5.69 Å². The van der Waals surface area contributed by atoms with Gasteiger partial charge < -0.3 is 5.32 Å². The average Bonchev–Trinajstić information content (AvgIpc) is 2.43. The third-order valence-corrected chi connectivity index (χ3v) is 3.95. The molecule has 1 amide bonds. The van der Waals surface area contributed by atoms with Crippen molar-refractivity contribution in [1.82, 2.24) is 9.88 Å². The van der Waals surface area contributed by atoms with Crippen molar-refractivity contribution in [2.75, 3.05) is 0 Å². The first-order valence-corrected chi connectivity index (χ1v) is 7.11. The topological polar surface area (TPSA) is 94.2 Å². The van der Waals surface area contributed by atoms with Gasteiger partial charge in [-0.05, 0) is 18.8 Å². The molecule has 1 saturated carbocycles. The average molecular weight is 293 g/mol. The van der Waals surface area contributed by atoms with Crippen LogP contribution >= 0.6 is 0 Å². The molecule has 1 aliphatic carbocycles. The molecule has 1 heterocycles. The summed E-state index contributed by atoms with van der Waals surface area (Å²) in [7, 11) is 0. The van der Waals surface area contributed by atoms with Crippen LogP contribution in [0.2, 0.25) is 0 Å². The van der Waals surface area contributed by atoms with Crippen LogP contribution in [0.15, 0.2) is 23.1 Å². The maximum absolute atomic E-state index is 12.0. The highest BCUT2D eigenvalue weighted by molar-refractivity contribution is 5.76. The van der Waals surface area contributed by atoms with Gasteiger partial charge in [-0.2, -0.15) is 0 Å². The van der Waals surface area contributed by atoms with E-state index in [0.717, 1.165) is 42.2 Å². The first-order valence-electron chi connectivity index (χ1n) is 7.11. The van der Waals surface area contributed by atoms with Crippen LogP contribution in [-0.2, 0) is 11.3 Å². The van der Waals surface area contributed by atoms with Crippen LogP contribution in [0.1, 0.15) is 32.6 Å². The van der Waals surface area contributed by atoms with E-state index < -0.39 is 10.5 Å². The zero-order valence-corrected chi connectivity index (χ0v) is 11.9. The summed E-state index contributed by atoms with van der Waals surface area (Å²) in [6.45, 7) is 1.91. The summed E-state index contributed by atoms with van der Waals surface area (Å²) in [5, 5.41) is 13.6. The molecule has 0 radical (unpaired) electrons. The number of nitrogens with zero attached hydrogens (tertiary/aromatic N) is 2. The summed E-state index contributed by atoms with van der Waals surface area (Å²) in [4.78, 5) is 33.8. The third-order valence-electron chi connectivity index (χ3n) is 3.95. The number of pyridine rings is 1. The molecule has 0 aromatic carbocycles. The van der Waals surface area contributed by atoms with Crippen LogP contribution in [0.25, 0.3) is 0 Å². The molecule has 1 aromatic rings. The lowest BCUT2D eigenvalue weighted by Crippen LogP contribution is -2.43. The summed E-state index contributed by atoms with van der Waals surface area (Å²) >= 11 is 0. The van der Waals surface area contributed by atoms with E-state index in [4.69, 9.17) is 0 Å². The molecule has 7 heteroatoms. The van der Waals surface area contributed by atoms with E-state index in [2.05, 4.69) is 12.2 Å². The monoisotopic (exact) mass is 293 g/mol. The Labute approximate surface area is 122 Å². The maximum atomic E-state index is 12.0. The minimum absolute atomic E-state index is 0.126. The molecule has 1 fully saturated rings. The fraction of sp³-hybridized carbons (Fsp3) is 0.571. The Balaban J connectivity index is 2.03. The summed E-state index contributed by atoms with van der Waals surface area (Å²) < 4.78 is 1.07. The SMILES string of the molecule is C[C@@H]1CCCC[C@H]1NC(=O)Cn1cc([N+](=O)[O-])ccc1=O. The van der Waals surface area contributed by atoms with Crippen molar-refractivity contribution in [3.8, 4) is 0 Å². The van der Waals surface area contributed by atoms with Crippen molar-refractivity contribution >= 4 is 11.6 Å². The van der Waals surface area contributed by atoms with Gasteiger partial charge in [0.25, 0.3) is 11.2 Å². The Bertz CT molecular complexity index is 596. The molecule has 7 nitrogen and oxygen atoms in total. The van der Waals surface area contributed by atoms with Crippen molar-refractivity contribution in [2.24, 2.45) is 5.92 Å². The van der Waals surface area contributed by atoms with Crippen molar-refractivity contribution in [3.63, 3.8) is 0 Å². The summed E-state index contributed by atoms with van der Waals surface area (Å²) in [6, 6.07) is 2.37. The Morgan fingerprint density at radius 1 is 1.43 bits per heavy atom. The number of carbonyl (C=O) groups is 1. The molecular formula is C14H19N3O4. The molecule has 114 valence electrons. The molecule has 0 unspecified atom stereocenters. The number of nitro groups is 1. The Morgan fingerprint density at radius 2 is 2.14 bits per heavy atom. The van der Waals surface area contributed by atoms with Crippen LogP contribution in [-0.4, -0.2) is 21.4 Å². The van der Waals surface area contributed by atoms with Gasteiger partial charge in [-0.15, -0.1) is 0 Å². The van der Waals surface area contributed by atoms with E-state index >= 15 is 0 Å². The van der Waals surface area contributed by atoms with Crippen LogP contribution in [0, 0.1) is 16.0 Å². The fourth-order valence-electron chi connectivity index (χ4n) is 2.69. The minimum atomic E-state index is -0.586. The molecule has 0 aliphatic heterocycles. The molecule has 1 aromatic heterocycles. The maximum Gasteiger partial charge on any atom is 0.285 e. The summed E-state index contributed by atoms with van der Waals surface area (Å²) in [5.74, 6) is 0.140. The fourth-order valence-corrected chi connectivity index (χ4v) is 2.69. The molecule has 0 saturated heterocycles. The first-order chi connectivity index (χ1) is 9.97. The van der Waals surface area contributed by atoms with E-state index in [1.54, 1.807) is 0 Å². The van der Waals surface area contributed by atoms with Gasteiger partial charge in [-0.1, -0.05) is 19.8 Å². The number of rotatable bonds is 4. The lowest BCUT2D eigenvalue weighted by atomic mass is 9.86. The number of amides is 1. The van der Waals surface area contributed by atoms with Crippen molar-refractivity contribution in [2.45, 2.75) is 45.2 Å². The lowest BCUT2D eigenvalue weighted by molar-refractivity contribution is -0.385. The molecule has 1 N–H and O–H groups in total. The van der Waals surface area contributed by atoms with Gasteiger partial charge in [-0.25, -0.2) is 0 Å². The van der Waals surface area contributed by atoms with Crippen LogP contribution < -0.4 is 10.9 Å². The van der Waals surface area contributed by atoms with Gasteiger partial charge in [0.1, 0.15) is 6.54 Å². The highest BCUT2D eigenvalue weighted by atomic mass is 16.6. The van der Waals surface area contributed by atoms with Gasteiger partial charge in [0, 0.05) is 18.2 Å². The molecule has 2 atom stereocenters. The number of aromatic nitrogens is 1. The number of hydrogen-bond acceptors (Lipinski definition) is 4. The van der Waals surface area contributed by atoms with E-state index in [-0.39, 0.29) is 24.2 Å². The Morgan fingerprint density at radius 3 is 2.81 bits per heavy atom. The van der Waals surface area contributed by atoms with Crippen molar-refractivity contribution in [3.05, 3.63) is 38.8 Å². The predicted molar refractivity (Wildman–Crippen MR) is 76.9 cm³/mol. The molecule has 1 aliphatic rings. The second kappa shape index (κ2) is 6.51. The van der Waals surface area contributed by atoms with Gasteiger partial charge >= 0.3 is 0 Å². The van der Waals surface area contributed by atoms with Crippen molar-refractivity contribution < 1.29 is 9.72 Å². The van der Waals surface area contributed by atoms with Gasteiger partial charge in [0.2, 0.25) is 5.91 Å². The normalized spacial score (nSPS) is 21.8. The van der Waals surface area contributed by atoms with Crippen molar-refractivity contribution in [1.29, 1.82) is 0 Å². The smallest absolute Gasteiger partial charge is 0.285 e. The molecular weight excluding hydrogens is 274 g/mol. The lowest BCUT2D eigenvalue weighted by Gasteiger charge is -2.29. The molecule has 21 heavy (non-hydrogen) atoms. The number of nitrogens with one attached hydrogen (secondary N) is 1. The van der Waals surface area contributed by atoms with Gasteiger partial charge in [0.05, 0.1) is 11.1 Å². The van der Waals surface area contributed by atoms with E-state index in [0.29, 0.717) is 5.92 Å². The Kier molecular flexibility index (Phi) is 4.72. The highest BCUT2D eigenvalue weighted by Gasteiger charge is 2.23. The second-order valence-corrected chi connectivity index (χ2v) is 5.55. The standard InChI is InChI=1S/C14H19N3O4/c1-10-4-2-3-5-12(10)15-13(18)9-16-8-11(17(20)21)6-7-14(16)19/h6-8,10,12H,2-5,9H2,1H3,(H,15,18)/t10-,12-/m1/s1. The molecule has 0 spiro atoms. The summed E-state index contributed by atoms with van der Waals surface area (Å²) in [6.07, 6.45) is 5.40. The van der Waals surface area contributed by atoms with Gasteiger partial charge in [0.15, 0.2) is 0 Å². The quantitative estimate of drug-likeness (QED) is 0.671. The van der Waals surface area contributed by atoms with E-state index in [9.17, 15) is 19.7 Å². The second-order valence-electron chi connectivity index (χ2n) is 5.55. The molecule has 0 bridgehead atoms. The molecule has 2 rings (SSSR count). The predicted octanol–water partition coefficient (Wildman–Crippen LogP) is 1.45. The third kappa shape index (κ3) is 3.90. The zero-order valence-electron chi connectivity index (χ0n) is 11.9. The summed E-state index contributed by atoms with van der Waals surface area (Å²) in [5.41, 5.74) is -0.624. The zero-order chi connectivity index (χ0) is 15.4. The van der Waals surface area contributed by atoms with Crippen LogP contribution in [0.5, 0.6) is 0 Å². The Hall–Kier alpha value is -2.18. The largest absolute Gasteiger partial charge is 0.352 e. The number of carbonyl (C=O) groups excluding carboxylic acids is 1. The highest BCUT2D eigenvalue weighted by Crippen LogP contribution is 2.23. The van der Waals surface area contributed by atoms with Crippen LogP contribution in [0.3, 0.4) is 0 Å². The van der Waals surface area contributed by atoms with E-state index in [1.807, 2.05) is 0 Å². The minimum Gasteiger partial charge on any atom is -0.352 e.